The number of hydrogen-bond donors (Lipinski definition) is 0. The van der Waals surface area contributed by atoms with E-state index in [1.807, 2.05) is 18.3 Å². The molecule has 0 saturated heterocycles. The molecule has 3 heteroatoms. The molecule has 0 aliphatic carbocycles. The Morgan fingerprint density at radius 3 is 3.33 bits per heavy atom. The Morgan fingerprint density at radius 1 is 1.53 bits per heavy atom. The first kappa shape index (κ1) is 10.3. The summed E-state index contributed by atoms with van der Waals surface area (Å²) in [4.78, 5) is 0. The molecule has 0 saturated carbocycles. The van der Waals surface area contributed by atoms with Crippen LogP contribution < -0.4 is 14.0 Å². The fourth-order valence-corrected chi connectivity index (χ4v) is 1.69. The summed E-state index contributed by atoms with van der Waals surface area (Å²) in [6.45, 7) is 4.76. The predicted octanol–water partition coefficient (Wildman–Crippen LogP) is 1.94. The predicted molar refractivity (Wildman–Crippen MR) is 57.2 cm³/mol. The highest BCUT2D eigenvalue weighted by atomic mass is 16.5. The van der Waals surface area contributed by atoms with Crippen molar-refractivity contribution >= 4 is 0 Å². The second-order valence-electron chi connectivity index (χ2n) is 3.78. The maximum Gasteiger partial charge on any atom is 0.411 e. The van der Waals surface area contributed by atoms with Crippen LogP contribution in [0.4, 0.5) is 0 Å². The van der Waals surface area contributed by atoms with Crippen LogP contribution in [0, 0.1) is 0 Å². The Morgan fingerprint density at radius 2 is 2.47 bits per heavy atom. The molecule has 2 rings (SSSR count). The van der Waals surface area contributed by atoms with Gasteiger partial charge in [-0.05, 0) is 12.5 Å². The highest BCUT2D eigenvalue weighted by molar-refractivity contribution is 5.28. The molecule has 0 spiro atoms. The Labute approximate surface area is 90.6 Å². The number of aryl methyl sites for hydroxylation is 1. The molecule has 0 unspecified atom stereocenters. The van der Waals surface area contributed by atoms with E-state index in [-0.39, 0.29) is 0 Å². The number of nitrogens with zero attached hydrogens (tertiary/aromatic N) is 1. The molecule has 15 heavy (non-hydrogen) atoms. The van der Waals surface area contributed by atoms with E-state index in [0.29, 0.717) is 0 Å². The summed E-state index contributed by atoms with van der Waals surface area (Å²) < 4.78 is 13.4. The Kier molecular flexibility index (Phi) is 3.43. The minimum absolute atomic E-state index is 0.775. The smallest absolute Gasteiger partial charge is 0.411 e. The van der Waals surface area contributed by atoms with E-state index in [4.69, 9.17) is 9.47 Å². The van der Waals surface area contributed by atoms with Crippen molar-refractivity contribution in [3.05, 3.63) is 18.3 Å². The van der Waals surface area contributed by atoms with Crippen LogP contribution in [-0.4, -0.2) is 13.2 Å². The van der Waals surface area contributed by atoms with Gasteiger partial charge in [-0.15, -0.1) is 0 Å². The van der Waals surface area contributed by atoms with Crippen LogP contribution in [0.2, 0.25) is 0 Å². The first-order chi connectivity index (χ1) is 7.42. The quantitative estimate of drug-likeness (QED) is 0.557. The SMILES string of the molecule is CCCCOc1ccc[n+]2c1OCCC2. The van der Waals surface area contributed by atoms with Gasteiger partial charge in [0, 0.05) is 12.5 Å². The van der Waals surface area contributed by atoms with Crippen molar-refractivity contribution < 1.29 is 14.0 Å². The second-order valence-corrected chi connectivity index (χ2v) is 3.78. The van der Waals surface area contributed by atoms with Gasteiger partial charge in [-0.3, -0.25) is 0 Å². The van der Waals surface area contributed by atoms with Gasteiger partial charge in [-0.25, -0.2) is 0 Å². The fourth-order valence-electron chi connectivity index (χ4n) is 1.69. The van der Waals surface area contributed by atoms with Gasteiger partial charge in [0.1, 0.15) is 6.61 Å². The highest BCUT2D eigenvalue weighted by Crippen LogP contribution is 2.24. The molecule has 1 aliphatic rings. The summed E-state index contributed by atoms with van der Waals surface area (Å²) in [7, 11) is 0. The van der Waals surface area contributed by atoms with Crippen molar-refractivity contribution in [3.8, 4) is 11.6 Å². The molecule has 0 aromatic carbocycles. The lowest BCUT2D eigenvalue weighted by Gasteiger charge is -2.14. The minimum Gasteiger partial charge on any atom is -0.485 e. The largest absolute Gasteiger partial charge is 0.485 e. The molecule has 1 aromatic heterocycles. The standard InChI is InChI=1S/C12H18NO2/c1-2-3-9-14-11-6-4-7-13-8-5-10-15-12(11)13/h4,6-7H,2-3,5,8-10H2,1H3/q+1. The first-order valence-corrected chi connectivity index (χ1v) is 5.70. The Balaban J connectivity index is 2.09. The molecule has 1 aromatic rings. The Hall–Kier alpha value is -1.25. The summed E-state index contributed by atoms with van der Waals surface area (Å²) in [6, 6.07) is 3.99. The van der Waals surface area contributed by atoms with Crippen LogP contribution in [0.15, 0.2) is 18.3 Å². The zero-order valence-corrected chi connectivity index (χ0v) is 9.24. The van der Waals surface area contributed by atoms with E-state index < -0.39 is 0 Å². The molecular weight excluding hydrogens is 190 g/mol. The van der Waals surface area contributed by atoms with Gasteiger partial charge in [0.25, 0.3) is 0 Å². The van der Waals surface area contributed by atoms with E-state index in [0.717, 1.165) is 50.7 Å². The number of ether oxygens (including phenoxy) is 2. The fraction of sp³-hybridized carbons (Fsp3) is 0.583. The van der Waals surface area contributed by atoms with E-state index >= 15 is 0 Å². The van der Waals surface area contributed by atoms with Gasteiger partial charge in [0.2, 0.25) is 5.75 Å². The van der Waals surface area contributed by atoms with Gasteiger partial charge in [0.05, 0.1) is 6.61 Å². The molecule has 3 nitrogen and oxygen atoms in total. The van der Waals surface area contributed by atoms with Crippen LogP contribution in [0.25, 0.3) is 0 Å². The third kappa shape index (κ3) is 2.41. The molecule has 0 N–H and O–H groups in total. The van der Waals surface area contributed by atoms with E-state index in [1.54, 1.807) is 0 Å². The topological polar surface area (TPSA) is 22.3 Å². The number of aromatic nitrogens is 1. The van der Waals surface area contributed by atoms with Crippen molar-refractivity contribution in [2.24, 2.45) is 0 Å². The maximum absolute atomic E-state index is 5.70. The van der Waals surface area contributed by atoms with Crippen LogP contribution in [0.3, 0.4) is 0 Å². The third-order valence-corrected chi connectivity index (χ3v) is 2.52. The second kappa shape index (κ2) is 5.01. The summed E-state index contributed by atoms with van der Waals surface area (Å²) in [5.74, 6) is 1.77. The molecular formula is C12H18NO2+. The van der Waals surface area contributed by atoms with Crippen molar-refractivity contribution in [1.82, 2.24) is 0 Å². The molecule has 0 fully saturated rings. The molecule has 2 heterocycles. The third-order valence-electron chi connectivity index (χ3n) is 2.52. The first-order valence-electron chi connectivity index (χ1n) is 5.70. The number of hydrogen-bond acceptors (Lipinski definition) is 2. The molecule has 1 aliphatic heterocycles. The summed E-state index contributed by atoms with van der Waals surface area (Å²) in [5, 5.41) is 0. The minimum atomic E-state index is 0.775. The number of pyridine rings is 1. The van der Waals surface area contributed by atoms with Gasteiger partial charge in [-0.2, -0.15) is 4.57 Å². The molecule has 0 atom stereocenters. The molecule has 0 amide bonds. The summed E-state index contributed by atoms with van der Waals surface area (Å²) in [5.41, 5.74) is 0. The van der Waals surface area contributed by atoms with Crippen molar-refractivity contribution in [3.63, 3.8) is 0 Å². The van der Waals surface area contributed by atoms with Gasteiger partial charge < -0.3 is 9.47 Å². The zero-order chi connectivity index (χ0) is 10.5. The van der Waals surface area contributed by atoms with Crippen LogP contribution in [-0.2, 0) is 6.54 Å². The maximum atomic E-state index is 5.70. The molecule has 0 bridgehead atoms. The Bertz CT molecular complexity index is 325. The van der Waals surface area contributed by atoms with Crippen LogP contribution in [0.5, 0.6) is 11.6 Å². The number of fused-ring (bicyclic) bond motifs is 1. The van der Waals surface area contributed by atoms with E-state index in [1.165, 1.54) is 0 Å². The zero-order valence-electron chi connectivity index (χ0n) is 9.24. The summed E-state index contributed by atoms with van der Waals surface area (Å²) >= 11 is 0. The van der Waals surface area contributed by atoms with Crippen molar-refractivity contribution in [2.75, 3.05) is 13.2 Å². The van der Waals surface area contributed by atoms with Crippen molar-refractivity contribution in [2.45, 2.75) is 32.7 Å². The summed E-state index contributed by atoms with van der Waals surface area (Å²) in [6.07, 6.45) is 5.37. The lowest BCUT2D eigenvalue weighted by Crippen LogP contribution is -2.40. The monoisotopic (exact) mass is 208 g/mol. The number of unbranched alkanes of at least 4 members (excludes halogenated alkanes) is 1. The van der Waals surface area contributed by atoms with Crippen molar-refractivity contribution in [1.29, 1.82) is 0 Å². The average Bonchev–Trinajstić information content (AvgIpc) is 2.30. The number of rotatable bonds is 4. The van der Waals surface area contributed by atoms with Crippen LogP contribution >= 0.6 is 0 Å². The average molecular weight is 208 g/mol. The van der Waals surface area contributed by atoms with Crippen LogP contribution in [0.1, 0.15) is 26.2 Å². The van der Waals surface area contributed by atoms with E-state index in [2.05, 4.69) is 11.5 Å². The normalized spacial score (nSPS) is 14.2. The van der Waals surface area contributed by atoms with E-state index in [9.17, 15) is 0 Å². The highest BCUT2D eigenvalue weighted by Gasteiger charge is 2.22. The van der Waals surface area contributed by atoms with Gasteiger partial charge in [0.15, 0.2) is 12.7 Å². The molecule has 0 radical (unpaired) electrons. The van der Waals surface area contributed by atoms with Gasteiger partial charge >= 0.3 is 5.88 Å². The lowest BCUT2D eigenvalue weighted by atomic mass is 10.3. The van der Waals surface area contributed by atoms with Gasteiger partial charge in [-0.1, -0.05) is 13.3 Å². The lowest BCUT2D eigenvalue weighted by molar-refractivity contribution is -0.710. The molecule has 82 valence electrons.